The minimum Gasteiger partial charge on any atom is -0.496 e. The smallest absolute Gasteiger partial charge is 0.253 e. The third-order valence-electron chi connectivity index (χ3n) is 4.32. The van der Waals surface area contributed by atoms with Crippen molar-refractivity contribution in [3.63, 3.8) is 0 Å². The summed E-state index contributed by atoms with van der Waals surface area (Å²) in [5, 5.41) is 6.20. The predicted octanol–water partition coefficient (Wildman–Crippen LogP) is 4.33. The summed E-state index contributed by atoms with van der Waals surface area (Å²) in [6, 6.07) is 19.3. The van der Waals surface area contributed by atoms with E-state index in [1.54, 1.807) is 19.4 Å². The Morgan fingerprint density at radius 1 is 1.00 bits per heavy atom. The lowest BCUT2D eigenvalue weighted by Gasteiger charge is -2.11. The molecular weight excluding hydrogens is 338 g/mol. The molecule has 0 aliphatic heterocycles. The van der Waals surface area contributed by atoms with Crippen molar-refractivity contribution in [3.05, 3.63) is 83.6 Å². The molecule has 3 aromatic rings. The van der Waals surface area contributed by atoms with Gasteiger partial charge < -0.3 is 15.4 Å². The van der Waals surface area contributed by atoms with E-state index in [4.69, 9.17) is 4.74 Å². The summed E-state index contributed by atoms with van der Waals surface area (Å²) in [7, 11) is 1.62. The van der Waals surface area contributed by atoms with Gasteiger partial charge in [-0.15, -0.1) is 0 Å². The van der Waals surface area contributed by atoms with Gasteiger partial charge in [-0.2, -0.15) is 0 Å². The predicted molar refractivity (Wildman–Crippen MR) is 108 cm³/mol. The van der Waals surface area contributed by atoms with Crippen LogP contribution in [0.1, 0.15) is 28.4 Å². The lowest BCUT2D eigenvalue weighted by Crippen LogP contribution is -2.23. The number of nitrogens with one attached hydrogen (secondary N) is 2. The van der Waals surface area contributed by atoms with Crippen molar-refractivity contribution >= 4 is 17.4 Å². The molecule has 1 aromatic heterocycles. The zero-order valence-electron chi connectivity index (χ0n) is 15.5. The van der Waals surface area contributed by atoms with Crippen molar-refractivity contribution in [2.24, 2.45) is 0 Å². The zero-order chi connectivity index (χ0) is 19.1. The summed E-state index contributed by atoms with van der Waals surface area (Å²) in [4.78, 5) is 16.7. The zero-order valence-corrected chi connectivity index (χ0v) is 15.5. The fourth-order valence-electron chi connectivity index (χ4n) is 2.82. The first-order valence-electron chi connectivity index (χ1n) is 8.92. The summed E-state index contributed by atoms with van der Waals surface area (Å²) in [6.45, 7) is 2.51. The van der Waals surface area contributed by atoms with Gasteiger partial charge in [0.05, 0.1) is 12.7 Å². The number of nitrogens with zero attached hydrogens (tertiary/aromatic N) is 1. The number of carbonyl (C=O) groups excluding carboxylic acids is 1. The molecule has 0 radical (unpaired) electrons. The van der Waals surface area contributed by atoms with E-state index >= 15 is 0 Å². The van der Waals surface area contributed by atoms with Crippen LogP contribution in [0, 0.1) is 0 Å². The number of amides is 1. The maximum Gasteiger partial charge on any atom is 0.253 e. The second-order valence-electron chi connectivity index (χ2n) is 6.06. The molecule has 0 atom stereocenters. The first kappa shape index (κ1) is 18.5. The van der Waals surface area contributed by atoms with E-state index in [2.05, 4.69) is 28.6 Å². The molecule has 1 heterocycles. The number of benzene rings is 2. The van der Waals surface area contributed by atoms with Crippen LogP contribution in [0.25, 0.3) is 0 Å². The van der Waals surface area contributed by atoms with Gasteiger partial charge in [-0.3, -0.25) is 4.79 Å². The number of aromatic nitrogens is 1. The van der Waals surface area contributed by atoms with Gasteiger partial charge in [-0.25, -0.2) is 4.98 Å². The maximum absolute atomic E-state index is 12.4. The monoisotopic (exact) mass is 361 g/mol. The largest absolute Gasteiger partial charge is 0.496 e. The van der Waals surface area contributed by atoms with E-state index in [-0.39, 0.29) is 5.91 Å². The number of ether oxygens (including phenoxy) is 1. The van der Waals surface area contributed by atoms with Crippen LogP contribution in [0.15, 0.2) is 66.9 Å². The van der Waals surface area contributed by atoms with Gasteiger partial charge in [-0.1, -0.05) is 43.3 Å². The van der Waals surface area contributed by atoms with Crippen molar-refractivity contribution in [2.75, 3.05) is 12.4 Å². The van der Waals surface area contributed by atoms with Crippen LogP contribution in [0.4, 0.5) is 11.5 Å². The Hall–Kier alpha value is -3.34. The minimum atomic E-state index is -0.172. The molecule has 1 amide bonds. The van der Waals surface area contributed by atoms with Crippen LogP contribution in [0.3, 0.4) is 0 Å². The molecule has 0 saturated carbocycles. The van der Waals surface area contributed by atoms with Gasteiger partial charge in [0.25, 0.3) is 5.91 Å². The topological polar surface area (TPSA) is 63.2 Å². The molecule has 5 heteroatoms. The molecular formula is C22H23N3O2. The van der Waals surface area contributed by atoms with E-state index in [1.165, 1.54) is 5.56 Å². The highest BCUT2D eigenvalue weighted by atomic mass is 16.5. The van der Waals surface area contributed by atoms with E-state index in [1.807, 2.05) is 48.5 Å². The lowest BCUT2D eigenvalue weighted by atomic mass is 10.1. The van der Waals surface area contributed by atoms with E-state index in [0.717, 1.165) is 23.4 Å². The SMILES string of the molecule is CCc1ccccc1Nc1ccc(C(=O)NCc2ccccc2OC)cn1. The highest BCUT2D eigenvalue weighted by molar-refractivity contribution is 5.94. The highest BCUT2D eigenvalue weighted by Gasteiger charge is 2.09. The molecule has 2 N–H and O–H groups in total. The molecule has 2 aromatic carbocycles. The van der Waals surface area contributed by atoms with Crippen molar-refractivity contribution < 1.29 is 9.53 Å². The fourth-order valence-corrected chi connectivity index (χ4v) is 2.82. The van der Waals surface area contributed by atoms with Crippen LogP contribution in [-0.2, 0) is 13.0 Å². The first-order chi connectivity index (χ1) is 13.2. The molecule has 5 nitrogen and oxygen atoms in total. The number of carbonyl (C=O) groups is 1. The standard InChI is InChI=1S/C22H23N3O2/c1-3-16-8-4-6-10-19(16)25-21-13-12-18(15-23-21)22(26)24-14-17-9-5-7-11-20(17)27-2/h4-13,15H,3,14H2,1-2H3,(H,23,25)(H,24,26). The number of methoxy groups -OCH3 is 1. The van der Waals surface area contributed by atoms with E-state index in [0.29, 0.717) is 17.9 Å². The van der Waals surface area contributed by atoms with Crippen LogP contribution >= 0.6 is 0 Å². The van der Waals surface area contributed by atoms with Gasteiger partial charge >= 0.3 is 0 Å². The number of pyridine rings is 1. The normalized spacial score (nSPS) is 10.3. The van der Waals surface area contributed by atoms with Gasteiger partial charge in [0.2, 0.25) is 0 Å². The molecule has 0 saturated heterocycles. The van der Waals surface area contributed by atoms with Gasteiger partial charge in [0.15, 0.2) is 0 Å². The first-order valence-corrected chi connectivity index (χ1v) is 8.92. The van der Waals surface area contributed by atoms with E-state index in [9.17, 15) is 4.79 Å². The fraction of sp³-hybridized carbons (Fsp3) is 0.182. The number of rotatable bonds is 7. The maximum atomic E-state index is 12.4. The number of para-hydroxylation sites is 2. The summed E-state index contributed by atoms with van der Waals surface area (Å²) in [6.07, 6.45) is 2.51. The van der Waals surface area contributed by atoms with Gasteiger partial charge in [-0.05, 0) is 36.2 Å². The number of aryl methyl sites for hydroxylation is 1. The summed E-state index contributed by atoms with van der Waals surface area (Å²) < 4.78 is 5.30. The Labute approximate surface area is 159 Å². The molecule has 27 heavy (non-hydrogen) atoms. The third kappa shape index (κ3) is 4.64. The average molecular weight is 361 g/mol. The molecule has 0 aliphatic carbocycles. The number of hydrogen-bond donors (Lipinski definition) is 2. The second kappa shape index (κ2) is 8.85. The Bertz CT molecular complexity index is 907. The molecule has 0 bridgehead atoms. The Balaban J connectivity index is 1.63. The molecule has 138 valence electrons. The van der Waals surface area contributed by atoms with Crippen LogP contribution < -0.4 is 15.4 Å². The Morgan fingerprint density at radius 2 is 1.74 bits per heavy atom. The molecule has 0 aliphatic rings. The van der Waals surface area contributed by atoms with Crippen LogP contribution in [0.5, 0.6) is 5.75 Å². The third-order valence-corrected chi connectivity index (χ3v) is 4.32. The Kier molecular flexibility index (Phi) is 6.05. The quantitative estimate of drug-likeness (QED) is 0.658. The van der Waals surface area contributed by atoms with Crippen LogP contribution in [-0.4, -0.2) is 18.0 Å². The summed E-state index contributed by atoms with van der Waals surface area (Å²) >= 11 is 0. The molecule has 0 fully saturated rings. The van der Waals surface area contributed by atoms with Crippen molar-refractivity contribution in [1.29, 1.82) is 0 Å². The number of anilines is 2. The summed E-state index contributed by atoms with van der Waals surface area (Å²) in [5.74, 6) is 1.29. The second-order valence-corrected chi connectivity index (χ2v) is 6.06. The van der Waals surface area contributed by atoms with Gasteiger partial charge in [0.1, 0.15) is 11.6 Å². The van der Waals surface area contributed by atoms with Crippen LogP contribution in [0.2, 0.25) is 0 Å². The molecule has 0 spiro atoms. The Morgan fingerprint density at radius 3 is 2.44 bits per heavy atom. The molecule has 3 rings (SSSR count). The summed E-state index contributed by atoms with van der Waals surface area (Å²) in [5.41, 5.74) is 3.69. The number of hydrogen-bond acceptors (Lipinski definition) is 4. The minimum absolute atomic E-state index is 0.172. The van der Waals surface area contributed by atoms with E-state index < -0.39 is 0 Å². The lowest BCUT2D eigenvalue weighted by molar-refractivity contribution is 0.0950. The van der Waals surface area contributed by atoms with Crippen molar-refractivity contribution in [1.82, 2.24) is 10.3 Å². The van der Waals surface area contributed by atoms with Gasteiger partial charge in [0, 0.05) is 24.0 Å². The average Bonchev–Trinajstić information content (AvgIpc) is 2.73. The van der Waals surface area contributed by atoms with Crippen molar-refractivity contribution in [3.8, 4) is 5.75 Å². The highest BCUT2D eigenvalue weighted by Crippen LogP contribution is 2.20. The van der Waals surface area contributed by atoms with Crippen molar-refractivity contribution in [2.45, 2.75) is 19.9 Å². The molecule has 0 unspecified atom stereocenters.